The van der Waals surface area contributed by atoms with E-state index >= 15 is 0 Å². The van der Waals surface area contributed by atoms with E-state index in [1.54, 1.807) is 17.9 Å². The van der Waals surface area contributed by atoms with Gasteiger partial charge in [-0.05, 0) is 31.0 Å². The van der Waals surface area contributed by atoms with E-state index in [0.29, 0.717) is 23.7 Å². The van der Waals surface area contributed by atoms with Crippen molar-refractivity contribution in [1.29, 1.82) is 0 Å². The predicted octanol–water partition coefficient (Wildman–Crippen LogP) is 1.83. The van der Waals surface area contributed by atoms with Gasteiger partial charge in [0.1, 0.15) is 5.82 Å². The minimum Gasteiger partial charge on any atom is -0.389 e. The van der Waals surface area contributed by atoms with Crippen molar-refractivity contribution in [2.24, 2.45) is 11.7 Å². The van der Waals surface area contributed by atoms with E-state index < -0.39 is 17.8 Å². The summed E-state index contributed by atoms with van der Waals surface area (Å²) >= 11 is 0. The Hall–Kier alpha value is -1.62. The third-order valence-electron chi connectivity index (χ3n) is 2.71. The van der Waals surface area contributed by atoms with E-state index in [1.165, 1.54) is 12.1 Å². The smallest absolute Gasteiger partial charge is 0.236 e. The van der Waals surface area contributed by atoms with E-state index in [-0.39, 0.29) is 6.54 Å². The maximum Gasteiger partial charge on any atom is 0.236 e. The second-order valence-electron chi connectivity index (χ2n) is 5.12. The number of aliphatic hydroxyl groups excluding tert-OH is 1. The fraction of sp³-hybridized carbons (Fsp3) is 0.500. The molecule has 1 aromatic rings. The average Bonchev–Trinajstić information content (AvgIpc) is 2.26. The summed E-state index contributed by atoms with van der Waals surface area (Å²) in [5, 5.41) is 9.74. The number of hydrogen-bond donors (Lipinski definition) is 2. The quantitative estimate of drug-likeness (QED) is 0.827. The lowest BCUT2D eigenvalue weighted by Crippen LogP contribution is -2.37. The molecule has 0 heterocycles. The van der Waals surface area contributed by atoms with Gasteiger partial charge in [0.05, 0.1) is 12.6 Å². The molecule has 0 saturated heterocycles. The van der Waals surface area contributed by atoms with E-state index in [2.05, 4.69) is 0 Å². The summed E-state index contributed by atoms with van der Waals surface area (Å²) in [6, 6.07) is 4.17. The zero-order valence-corrected chi connectivity index (χ0v) is 11.6. The van der Waals surface area contributed by atoms with Gasteiger partial charge in [-0.3, -0.25) is 4.79 Å². The Morgan fingerprint density at radius 3 is 2.53 bits per heavy atom. The van der Waals surface area contributed by atoms with Crippen LogP contribution in [0.4, 0.5) is 10.1 Å². The summed E-state index contributed by atoms with van der Waals surface area (Å²) < 4.78 is 13.3. The van der Waals surface area contributed by atoms with E-state index in [9.17, 15) is 14.3 Å². The average molecular weight is 268 g/mol. The highest BCUT2D eigenvalue weighted by atomic mass is 19.1. The van der Waals surface area contributed by atoms with E-state index in [0.717, 1.165) is 0 Å². The molecular formula is C14H21FN2O2. The number of nitrogens with zero attached hydrogens (tertiary/aromatic N) is 1. The number of halogens is 1. The molecule has 1 rings (SSSR count). The van der Waals surface area contributed by atoms with Gasteiger partial charge in [-0.1, -0.05) is 13.8 Å². The lowest BCUT2D eigenvalue weighted by atomic mass is 10.1. The molecule has 0 aromatic heterocycles. The van der Waals surface area contributed by atoms with Crippen LogP contribution in [0.15, 0.2) is 18.2 Å². The first kappa shape index (κ1) is 15.4. The van der Waals surface area contributed by atoms with Crippen molar-refractivity contribution in [2.45, 2.75) is 26.9 Å². The van der Waals surface area contributed by atoms with Gasteiger partial charge in [0, 0.05) is 17.8 Å². The second kappa shape index (κ2) is 6.52. The second-order valence-corrected chi connectivity index (χ2v) is 5.12. The predicted molar refractivity (Wildman–Crippen MR) is 73.3 cm³/mol. The molecule has 1 amide bonds. The number of amides is 1. The molecule has 0 unspecified atom stereocenters. The van der Waals surface area contributed by atoms with Crippen molar-refractivity contribution in [1.82, 2.24) is 0 Å². The largest absolute Gasteiger partial charge is 0.389 e. The lowest BCUT2D eigenvalue weighted by molar-refractivity contribution is -0.116. The van der Waals surface area contributed by atoms with Crippen LogP contribution in [0.5, 0.6) is 0 Å². The Labute approximate surface area is 113 Å². The van der Waals surface area contributed by atoms with Crippen LogP contribution in [0, 0.1) is 11.7 Å². The summed E-state index contributed by atoms with van der Waals surface area (Å²) in [4.78, 5) is 12.9. The molecule has 1 atom stereocenters. The minimum atomic E-state index is -0.812. The summed E-state index contributed by atoms with van der Waals surface area (Å²) in [6.07, 6.45) is -0.812. The molecule has 1 aromatic carbocycles. The zero-order valence-electron chi connectivity index (χ0n) is 11.6. The monoisotopic (exact) mass is 268 g/mol. The molecule has 106 valence electrons. The third kappa shape index (κ3) is 4.52. The van der Waals surface area contributed by atoms with Crippen LogP contribution in [0.3, 0.4) is 0 Å². The number of hydrogen-bond acceptors (Lipinski definition) is 3. The fourth-order valence-corrected chi connectivity index (χ4v) is 2.02. The van der Waals surface area contributed by atoms with Crippen LogP contribution in [-0.2, 0) is 4.79 Å². The molecule has 5 heteroatoms. The zero-order chi connectivity index (χ0) is 14.6. The first-order valence-corrected chi connectivity index (χ1v) is 6.32. The molecule has 3 N–H and O–H groups in total. The van der Waals surface area contributed by atoms with Crippen molar-refractivity contribution < 1.29 is 14.3 Å². The first-order chi connectivity index (χ1) is 8.81. The van der Waals surface area contributed by atoms with E-state index in [4.69, 9.17) is 5.73 Å². The van der Waals surface area contributed by atoms with Crippen molar-refractivity contribution in [3.63, 3.8) is 0 Å². The molecule has 0 radical (unpaired) electrons. The summed E-state index contributed by atoms with van der Waals surface area (Å²) in [5.41, 5.74) is 6.35. The summed E-state index contributed by atoms with van der Waals surface area (Å²) in [6.45, 7) is 6.24. The van der Waals surface area contributed by atoms with Crippen LogP contribution < -0.4 is 10.6 Å². The van der Waals surface area contributed by atoms with Gasteiger partial charge in [-0.15, -0.1) is 0 Å². The molecule has 19 heavy (non-hydrogen) atoms. The van der Waals surface area contributed by atoms with Gasteiger partial charge >= 0.3 is 0 Å². The number of anilines is 1. The Bertz CT molecular complexity index is 447. The molecule has 0 bridgehead atoms. The molecule has 0 saturated carbocycles. The van der Waals surface area contributed by atoms with E-state index in [1.807, 2.05) is 13.8 Å². The number of aliphatic hydroxyl groups is 1. The molecule has 4 nitrogen and oxygen atoms in total. The Balaban J connectivity index is 3.16. The lowest BCUT2D eigenvalue weighted by Gasteiger charge is -2.28. The van der Waals surface area contributed by atoms with Gasteiger partial charge in [-0.25, -0.2) is 4.39 Å². The van der Waals surface area contributed by atoms with Crippen LogP contribution in [0.25, 0.3) is 0 Å². The number of carbonyl (C=O) groups is 1. The number of benzene rings is 1. The van der Waals surface area contributed by atoms with Gasteiger partial charge in [0.25, 0.3) is 0 Å². The van der Waals surface area contributed by atoms with Gasteiger partial charge in [0.15, 0.2) is 0 Å². The number of nitrogens with two attached hydrogens (primary N) is 1. The number of rotatable bonds is 6. The van der Waals surface area contributed by atoms with Crippen molar-refractivity contribution in [3.05, 3.63) is 29.6 Å². The Morgan fingerprint density at radius 1 is 1.42 bits per heavy atom. The number of primary amides is 1. The van der Waals surface area contributed by atoms with Gasteiger partial charge < -0.3 is 15.7 Å². The molecule has 0 aliphatic carbocycles. The number of carbonyl (C=O) groups excluding carboxylic acids is 1. The topological polar surface area (TPSA) is 66.6 Å². The van der Waals surface area contributed by atoms with Crippen LogP contribution in [-0.4, -0.2) is 24.1 Å². The molecule has 0 aliphatic rings. The standard InChI is InChI=1S/C14H21FN2O2/c1-9(2)7-17(8-14(16)19)13-5-4-11(15)6-12(13)10(3)18/h4-6,9-10,18H,7-8H2,1-3H3,(H2,16,19)/t10-/m0/s1. The maximum absolute atomic E-state index is 13.3. The van der Waals surface area contributed by atoms with Gasteiger partial charge in [0.2, 0.25) is 5.91 Å². The van der Waals surface area contributed by atoms with Crippen molar-refractivity contribution >= 4 is 11.6 Å². The Morgan fingerprint density at radius 2 is 2.05 bits per heavy atom. The maximum atomic E-state index is 13.3. The highest BCUT2D eigenvalue weighted by molar-refractivity contribution is 5.80. The van der Waals surface area contributed by atoms with Gasteiger partial charge in [-0.2, -0.15) is 0 Å². The van der Waals surface area contributed by atoms with Crippen molar-refractivity contribution in [2.75, 3.05) is 18.0 Å². The highest BCUT2D eigenvalue weighted by Crippen LogP contribution is 2.27. The molecule has 0 spiro atoms. The highest BCUT2D eigenvalue weighted by Gasteiger charge is 2.17. The van der Waals surface area contributed by atoms with Crippen LogP contribution in [0.2, 0.25) is 0 Å². The fourth-order valence-electron chi connectivity index (χ4n) is 2.02. The molecule has 0 aliphatic heterocycles. The Kier molecular flexibility index (Phi) is 5.30. The third-order valence-corrected chi connectivity index (χ3v) is 2.71. The van der Waals surface area contributed by atoms with Crippen LogP contribution in [0.1, 0.15) is 32.4 Å². The summed E-state index contributed by atoms with van der Waals surface area (Å²) in [7, 11) is 0. The normalized spacial score (nSPS) is 12.5. The summed E-state index contributed by atoms with van der Waals surface area (Å²) in [5.74, 6) is -0.559. The molecular weight excluding hydrogens is 247 g/mol. The first-order valence-electron chi connectivity index (χ1n) is 6.32. The SMILES string of the molecule is CC(C)CN(CC(N)=O)c1ccc(F)cc1[C@H](C)O. The van der Waals surface area contributed by atoms with Crippen LogP contribution >= 0.6 is 0 Å². The van der Waals surface area contributed by atoms with Crippen molar-refractivity contribution in [3.8, 4) is 0 Å². The minimum absolute atomic E-state index is 0.0452. The molecule has 0 fully saturated rings.